The highest BCUT2D eigenvalue weighted by Gasteiger charge is 2.35. The normalized spacial score (nSPS) is 12.0. The van der Waals surface area contributed by atoms with Crippen molar-refractivity contribution >= 4 is 17.3 Å². The Morgan fingerprint density at radius 1 is 0.510 bits per heavy atom. The van der Waals surface area contributed by atoms with Gasteiger partial charge >= 0.3 is 0 Å². The average Bonchev–Trinajstić information content (AvgIpc) is 3.05. The third-order valence-electron chi connectivity index (χ3n) is 9.04. The molecule has 0 amide bonds. The molecule has 0 aliphatic heterocycles. The zero-order valence-electron chi connectivity index (χ0n) is 29.5. The molecule has 0 aliphatic carbocycles. The van der Waals surface area contributed by atoms with Gasteiger partial charge in [0.2, 0.25) is 0 Å². The Bertz CT molecular complexity index is 1720. The van der Waals surface area contributed by atoms with Crippen molar-refractivity contribution in [2.24, 2.45) is 17.8 Å². The highest BCUT2D eigenvalue weighted by atomic mass is 16.5. The third kappa shape index (κ3) is 6.51. The molecule has 12 heteroatoms. The van der Waals surface area contributed by atoms with Crippen LogP contribution < -0.4 is 9.47 Å². The predicted molar refractivity (Wildman–Crippen MR) is 181 cm³/mol. The molecule has 49 heavy (non-hydrogen) atoms. The van der Waals surface area contributed by atoms with Crippen LogP contribution in [0.15, 0.2) is 0 Å². The fourth-order valence-corrected chi connectivity index (χ4v) is 5.84. The number of phenolic OH excluding ortho intramolecular Hbond substituents is 7. The van der Waals surface area contributed by atoms with Crippen molar-refractivity contribution in [2.45, 2.75) is 74.7 Å². The number of carbonyl (C=O) groups excluding carboxylic acids is 3. The van der Waals surface area contributed by atoms with Crippen molar-refractivity contribution in [3.8, 4) is 51.7 Å². The van der Waals surface area contributed by atoms with E-state index in [1.54, 1.807) is 41.5 Å². The molecule has 3 rings (SSSR count). The molecule has 0 saturated heterocycles. The number of Topliss-reactive ketones (excluding diaryl/α,β-unsaturated/α-hetero) is 3. The van der Waals surface area contributed by atoms with E-state index in [4.69, 9.17) is 9.47 Å². The molecule has 0 aromatic heterocycles. The highest BCUT2D eigenvalue weighted by Crippen LogP contribution is 2.51. The minimum absolute atomic E-state index is 0.0718. The van der Waals surface area contributed by atoms with Gasteiger partial charge in [-0.3, -0.25) is 14.4 Å². The molecule has 3 aromatic rings. The number of hydrogen-bond acceptors (Lipinski definition) is 12. The van der Waals surface area contributed by atoms with Gasteiger partial charge in [-0.2, -0.15) is 0 Å². The van der Waals surface area contributed by atoms with Gasteiger partial charge in [0.05, 0.1) is 14.2 Å². The molecule has 0 radical (unpaired) electrons. The number of methoxy groups -OCH3 is 2. The van der Waals surface area contributed by atoms with Crippen LogP contribution in [0.3, 0.4) is 0 Å². The molecule has 1 unspecified atom stereocenters. The van der Waals surface area contributed by atoms with E-state index in [1.807, 2.05) is 0 Å². The van der Waals surface area contributed by atoms with Crippen LogP contribution in [0.2, 0.25) is 0 Å². The molecule has 12 nitrogen and oxygen atoms in total. The van der Waals surface area contributed by atoms with Crippen LogP contribution in [0, 0.1) is 31.6 Å². The fraction of sp³-hybridized carbons (Fsp3) is 0.432. The van der Waals surface area contributed by atoms with E-state index >= 15 is 0 Å². The van der Waals surface area contributed by atoms with Crippen LogP contribution >= 0.6 is 0 Å². The Kier molecular flexibility index (Phi) is 11.4. The number of ether oxygens (including phenoxy) is 2. The SMILES string of the molecule is CCC(C)C(=O)c1c(O)c(Cc2c(O)c(C)c(OC)c(C(=O)C(C)C)c2O)c(O)c(Cc2c(O)c(C)c(OC)c(C(=O)C(C)C)c2O)c1O. The molecular formula is C37H46O12. The van der Waals surface area contributed by atoms with Crippen molar-refractivity contribution in [3.05, 3.63) is 50.1 Å². The second kappa shape index (κ2) is 14.6. The molecular weight excluding hydrogens is 636 g/mol. The van der Waals surface area contributed by atoms with E-state index in [-0.39, 0.29) is 44.9 Å². The second-order valence-electron chi connectivity index (χ2n) is 12.9. The average molecular weight is 683 g/mol. The molecule has 1 atom stereocenters. The maximum Gasteiger partial charge on any atom is 0.173 e. The first-order valence-electron chi connectivity index (χ1n) is 15.9. The van der Waals surface area contributed by atoms with Crippen LogP contribution in [0.5, 0.6) is 51.7 Å². The minimum atomic E-state index is -0.844. The van der Waals surface area contributed by atoms with Crippen LogP contribution in [0.4, 0.5) is 0 Å². The van der Waals surface area contributed by atoms with Gasteiger partial charge in [0.25, 0.3) is 0 Å². The summed E-state index contributed by atoms with van der Waals surface area (Å²) in [5.41, 5.74) is -2.30. The van der Waals surface area contributed by atoms with Gasteiger partial charge in [0, 0.05) is 64.0 Å². The summed E-state index contributed by atoms with van der Waals surface area (Å²) in [5, 5.41) is 79.7. The summed E-state index contributed by atoms with van der Waals surface area (Å²) in [6.45, 7) is 12.6. The number of benzene rings is 3. The van der Waals surface area contributed by atoms with E-state index in [0.29, 0.717) is 6.42 Å². The smallest absolute Gasteiger partial charge is 0.173 e. The van der Waals surface area contributed by atoms with Gasteiger partial charge in [0.15, 0.2) is 17.3 Å². The first-order chi connectivity index (χ1) is 22.8. The summed E-state index contributed by atoms with van der Waals surface area (Å²) in [6.07, 6.45) is -0.990. The van der Waals surface area contributed by atoms with Crippen LogP contribution in [0.25, 0.3) is 0 Å². The quantitative estimate of drug-likeness (QED) is 0.0984. The Morgan fingerprint density at radius 3 is 1.10 bits per heavy atom. The van der Waals surface area contributed by atoms with E-state index < -0.39 is 105 Å². The van der Waals surface area contributed by atoms with Gasteiger partial charge in [-0.15, -0.1) is 0 Å². The van der Waals surface area contributed by atoms with Gasteiger partial charge < -0.3 is 45.2 Å². The maximum atomic E-state index is 13.6. The van der Waals surface area contributed by atoms with E-state index in [0.717, 1.165) is 0 Å². The van der Waals surface area contributed by atoms with Crippen molar-refractivity contribution in [1.82, 2.24) is 0 Å². The molecule has 0 aliphatic rings. The van der Waals surface area contributed by atoms with Gasteiger partial charge in [-0.25, -0.2) is 0 Å². The van der Waals surface area contributed by atoms with Crippen molar-refractivity contribution < 1.29 is 59.6 Å². The van der Waals surface area contributed by atoms with E-state index in [9.17, 15) is 50.1 Å². The molecule has 0 spiro atoms. The lowest BCUT2D eigenvalue weighted by atomic mass is 9.85. The number of ketones is 3. The lowest BCUT2D eigenvalue weighted by Gasteiger charge is -2.23. The Balaban J connectivity index is 2.47. The number of hydrogen-bond donors (Lipinski definition) is 7. The summed E-state index contributed by atoms with van der Waals surface area (Å²) >= 11 is 0. The van der Waals surface area contributed by atoms with Gasteiger partial charge in [-0.1, -0.05) is 41.5 Å². The number of rotatable bonds is 13. The van der Waals surface area contributed by atoms with Crippen molar-refractivity contribution in [3.63, 3.8) is 0 Å². The van der Waals surface area contributed by atoms with Crippen LogP contribution in [-0.4, -0.2) is 67.3 Å². The molecule has 0 bridgehead atoms. The predicted octanol–water partition coefficient (Wildman–Crippen LogP) is 6.35. The van der Waals surface area contributed by atoms with Gasteiger partial charge in [-0.05, 0) is 20.3 Å². The second-order valence-corrected chi connectivity index (χ2v) is 12.9. The summed E-state index contributed by atoms with van der Waals surface area (Å²) in [7, 11) is 2.53. The minimum Gasteiger partial charge on any atom is -0.507 e. The Morgan fingerprint density at radius 2 is 0.816 bits per heavy atom. The summed E-state index contributed by atoms with van der Waals surface area (Å²) in [6, 6.07) is 0. The molecule has 0 fully saturated rings. The Hall–Kier alpha value is -5.13. The number of phenols is 7. The summed E-state index contributed by atoms with van der Waals surface area (Å²) < 4.78 is 10.7. The topological polar surface area (TPSA) is 211 Å². The maximum absolute atomic E-state index is 13.6. The molecule has 3 aromatic carbocycles. The first-order valence-corrected chi connectivity index (χ1v) is 15.9. The fourth-order valence-electron chi connectivity index (χ4n) is 5.84. The third-order valence-corrected chi connectivity index (χ3v) is 9.04. The standard InChI is InChI=1S/C37H46O12/c1-11-16(6)28(40)23-32(44)21(12-19-29(41)17(7)36(48-9)24(34(19)46)26(38)14(2)3)31(43)22(33(23)45)13-20-30(42)18(8)37(49-10)25(35(20)47)27(39)15(4)5/h14-16,41-47H,11-13H2,1-10H3. The zero-order chi connectivity index (χ0) is 37.4. The van der Waals surface area contributed by atoms with Crippen LogP contribution in [-0.2, 0) is 12.8 Å². The summed E-state index contributed by atoms with van der Waals surface area (Å²) in [4.78, 5) is 39.9. The van der Waals surface area contributed by atoms with Gasteiger partial charge in [0.1, 0.15) is 68.4 Å². The van der Waals surface area contributed by atoms with Crippen molar-refractivity contribution in [2.75, 3.05) is 14.2 Å². The lowest BCUT2D eigenvalue weighted by Crippen LogP contribution is -2.14. The summed E-state index contributed by atoms with van der Waals surface area (Å²) in [5.74, 6) is -8.68. The number of aromatic hydroxyl groups is 7. The zero-order valence-corrected chi connectivity index (χ0v) is 29.5. The van der Waals surface area contributed by atoms with Crippen molar-refractivity contribution in [1.29, 1.82) is 0 Å². The van der Waals surface area contributed by atoms with Crippen LogP contribution in [0.1, 0.15) is 112 Å². The molecule has 7 N–H and O–H groups in total. The monoisotopic (exact) mass is 682 g/mol. The lowest BCUT2D eigenvalue weighted by molar-refractivity contribution is 0.0916. The first kappa shape index (κ1) is 38.3. The molecule has 0 saturated carbocycles. The van der Waals surface area contributed by atoms with E-state index in [2.05, 4.69) is 0 Å². The largest absolute Gasteiger partial charge is 0.507 e. The highest BCUT2D eigenvalue weighted by molar-refractivity contribution is 6.06. The molecule has 266 valence electrons. The van der Waals surface area contributed by atoms with E-state index in [1.165, 1.54) is 28.1 Å². The Labute approximate surface area is 285 Å². The molecule has 0 heterocycles. The number of carbonyl (C=O) groups is 3.